The van der Waals surface area contributed by atoms with Gasteiger partial charge in [0.05, 0.1) is 23.8 Å². The van der Waals surface area contributed by atoms with Gasteiger partial charge in [-0.1, -0.05) is 23.7 Å². The largest absolute Gasteiger partial charge is 0.337 e. The Labute approximate surface area is 168 Å². The minimum atomic E-state index is -3.43. The van der Waals surface area contributed by atoms with Crippen LogP contribution in [0.1, 0.15) is 19.9 Å². The number of nitrogens with one attached hydrogen (secondary N) is 3. The highest BCUT2D eigenvalue weighted by atomic mass is 35.5. The number of para-hydroxylation sites is 2. The number of hydrogen-bond donors (Lipinski definition) is 3. The SMILES string of the molecule is CC(C)n1ccc(Nc2ncc(Cl)c(Nc3ccccc3NS(C)(=O)=O)n2)n1. The van der Waals surface area contributed by atoms with Crippen molar-refractivity contribution in [1.82, 2.24) is 19.7 Å². The number of halogens is 1. The molecule has 0 spiro atoms. The molecule has 0 atom stereocenters. The Bertz CT molecular complexity index is 1080. The molecule has 0 saturated heterocycles. The summed E-state index contributed by atoms with van der Waals surface area (Å²) in [6.45, 7) is 4.05. The maximum absolute atomic E-state index is 11.6. The van der Waals surface area contributed by atoms with E-state index in [9.17, 15) is 8.42 Å². The third-order valence-corrected chi connectivity index (χ3v) is 4.46. The summed E-state index contributed by atoms with van der Waals surface area (Å²) < 4.78 is 27.4. The number of rotatable bonds is 7. The van der Waals surface area contributed by atoms with E-state index >= 15 is 0 Å². The van der Waals surface area contributed by atoms with E-state index in [-0.39, 0.29) is 11.1 Å². The van der Waals surface area contributed by atoms with Gasteiger partial charge >= 0.3 is 0 Å². The zero-order valence-electron chi connectivity index (χ0n) is 15.5. The quantitative estimate of drug-likeness (QED) is 0.532. The second-order valence-electron chi connectivity index (χ2n) is 6.33. The summed E-state index contributed by atoms with van der Waals surface area (Å²) in [4.78, 5) is 8.52. The maximum atomic E-state index is 11.6. The lowest BCUT2D eigenvalue weighted by molar-refractivity contribution is 0.534. The van der Waals surface area contributed by atoms with Gasteiger partial charge in [-0.3, -0.25) is 9.40 Å². The lowest BCUT2D eigenvalue weighted by Gasteiger charge is -2.13. The van der Waals surface area contributed by atoms with E-state index in [0.717, 1.165) is 6.26 Å². The van der Waals surface area contributed by atoms with Crippen molar-refractivity contribution in [3.63, 3.8) is 0 Å². The summed E-state index contributed by atoms with van der Waals surface area (Å²) in [5, 5.41) is 10.7. The van der Waals surface area contributed by atoms with Crippen molar-refractivity contribution >= 4 is 50.6 Å². The molecule has 1 aromatic carbocycles. The number of anilines is 5. The average Bonchev–Trinajstić information content (AvgIpc) is 3.07. The molecule has 0 aliphatic heterocycles. The standard InChI is InChI=1S/C17H20ClN7O2S/c1-11(2)25-9-8-15(23-25)21-17-19-10-12(18)16(22-17)20-13-6-4-5-7-14(13)24-28(3,26)27/h4-11,24H,1-3H3,(H2,19,20,21,22,23). The number of nitrogens with zero attached hydrogens (tertiary/aromatic N) is 4. The van der Waals surface area contributed by atoms with Crippen LogP contribution in [0.15, 0.2) is 42.7 Å². The first kappa shape index (κ1) is 19.9. The third kappa shape index (κ3) is 5.11. The highest BCUT2D eigenvalue weighted by Crippen LogP contribution is 2.29. The minimum Gasteiger partial charge on any atom is -0.337 e. The van der Waals surface area contributed by atoms with Gasteiger partial charge in [-0.2, -0.15) is 10.1 Å². The van der Waals surface area contributed by atoms with Gasteiger partial charge in [-0.15, -0.1) is 0 Å². The van der Waals surface area contributed by atoms with E-state index in [2.05, 4.69) is 30.4 Å². The molecule has 148 valence electrons. The van der Waals surface area contributed by atoms with Crippen molar-refractivity contribution < 1.29 is 8.42 Å². The second-order valence-corrected chi connectivity index (χ2v) is 8.49. The van der Waals surface area contributed by atoms with Crippen LogP contribution >= 0.6 is 11.6 Å². The smallest absolute Gasteiger partial charge is 0.230 e. The van der Waals surface area contributed by atoms with Crippen molar-refractivity contribution in [2.24, 2.45) is 0 Å². The van der Waals surface area contributed by atoms with E-state index in [1.54, 1.807) is 24.3 Å². The Morgan fingerprint density at radius 2 is 1.82 bits per heavy atom. The maximum Gasteiger partial charge on any atom is 0.230 e. The first-order valence-corrected chi connectivity index (χ1v) is 10.7. The van der Waals surface area contributed by atoms with Crippen molar-refractivity contribution in [2.45, 2.75) is 19.9 Å². The Morgan fingerprint density at radius 3 is 2.46 bits per heavy atom. The summed E-state index contributed by atoms with van der Waals surface area (Å²) in [6.07, 6.45) is 4.39. The van der Waals surface area contributed by atoms with Gasteiger partial charge in [0.2, 0.25) is 16.0 Å². The molecule has 0 fully saturated rings. The molecule has 0 saturated carbocycles. The van der Waals surface area contributed by atoms with Gasteiger partial charge in [-0.05, 0) is 26.0 Å². The topological polar surface area (TPSA) is 114 Å². The fraction of sp³-hybridized carbons (Fsp3) is 0.235. The molecule has 0 radical (unpaired) electrons. The van der Waals surface area contributed by atoms with Gasteiger partial charge in [0.1, 0.15) is 5.02 Å². The molecule has 0 aliphatic carbocycles. The zero-order valence-corrected chi connectivity index (χ0v) is 17.1. The number of hydrogen-bond acceptors (Lipinski definition) is 7. The molecule has 2 aromatic heterocycles. The molecule has 3 rings (SSSR count). The molecule has 9 nitrogen and oxygen atoms in total. The summed E-state index contributed by atoms with van der Waals surface area (Å²) in [7, 11) is -3.43. The summed E-state index contributed by atoms with van der Waals surface area (Å²) in [5.41, 5.74) is 0.883. The Balaban J connectivity index is 1.84. The van der Waals surface area contributed by atoms with Crippen molar-refractivity contribution in [2.75, 3.05) is 21.6 Å². The van der Waals surface area contributed by atoms with E-state index in [4.69, 9.17) is 11.6 Å². The summed E-state index contributed by atoms with van der Waals surface area (Å²) >= 11 is 6.21. The molecule has 11 heteroatoms. The third-order valence-electron chi connectivity index (χ3n) is 3.60. The fourth-order valence-electron chi connectivity index (χ4n) is 2.33. The number of benzene rings is 1. The van der Waals surface area contributed by atoms with Crippen LogP contribution in [0.2, 0.25) is 5.02 Å². The van der Waals surface area contributed by atoms with Crippen LogP contribution in [0.5, 0.6) is 0 Å². The van der Waals surface area contributed by atoms with Crippen LogP contribution in [0.3, 0.4) is 0 Å². The molecule has 0 unspecified atom stereocenters. The molecule has 0 bridgehead atoms. The molecule has 0 aliphatic rings. The summed E-state index contributed by atoms with van der Waals surface area (Å²) in [5.74, 6) is 1.22. The van der Waals surface area contributed by atoms with Crippen LogP contribution in [0.4, 0.5) is 29.0 Å². The summed E-state index contributed by atoms with van der Waals surface area (Å²) in [6, 6.07) is 8.88. The highest BCUT2D eigenvalue weighted by Gasteiger charge is 2.12. The highest BCUT2D eigenvalue weighted by molar-refractivity contribution is 7.92. The van der Waals surface area contributed by atoms with Gasteiger partial charge in [0.15, 0.2) is 11.6 Å². The van der Waals surface area contributed by atoms with E-state index < -0.39 is 10.0 Å². The van der Waals surface area contributed by atoms with Crippen molar-refractivity contribution in [1.29, 1.82) is 0 Å². The van der Waals surface area contributed by atoms with Crippen LogP contribution in [-0.4, -0.2) is 34.4 Å². The van der Waals surface area contributed by atoms with Gasteiger partial charge < -0.3 is 10.6 Å². The van der Waals surface area contributed by atoms with Crippen LogP contribution in [-0.2, 0) is 10.0 Å². The van der Waals surface area contributed by atoms with Gasteiger partial charge in [0.25, 0.3) is 0 Å². The molecule has 2 heterocycles. The molecular formula is C17H20ClN7O2S. The van der Waals surface area contributed by atoms with Gasteiger partial charge in [-0.25, -0.2) is 13.4 Å². The van der Waals surface area contributed by atoms with Gasteiger partial charge in [0, 0.05) is 18.3 Å². The van der Waals surface area contributed by atoms with Crippen LogP contribution < -0.4 is 15.4 Å². The number of aromatic nitrogens is 4. The van der Waals surface area contributed by atoms with Crippen LogP contribution in [0, 0.1) is 0 Å². The van der Waals surface area contributed by atoms with Crippen LogP contribution in [0.25, 0.3) is 0 Å². The Kier molecular flexibility index (Phi) is 5.71. The molecule has 3 aromatic rings. The van der Waals surface area contributed by atoms with E-state index in [1.807, 2.05) is 30.8 Å². The lowest BCUT2D eigenvalue weighted by atomic mass is 10.2. The van der Waals surface area contributed by atoms with Crippen molar-refractivity contribution in [3.8, 4) is 0 Å². The Morgan fingerprint density at radius 1 is 1.11 bits per heavy atom. The lowest BCUT2D eigenvalue weighted by Crippen LogP contribution is -2.11. The van der Waals surface area contributed by atoms with E-state index in [0.29, 0.717) is 29.0 Å². The van der Waals surface area contributed by atoms with E-state index in [1.165, 1.54) is 6.20 Å². The molecule has 3 N–H and O–H groups in total. The normalized spacial score (nSPS) is 11.5. The predicted molar refractivity (Wildman–Crippen MR) is 111 cm³/mol. The molecule has 0 amide bonds. The van der Waals surface area contributed by atoms with Crippen molar-refractivity contribution in [3.05, 3.63) is 47.7 Å². The first-order chi connectivity index (χ1) is 13.2. The molecule has 28 heavy (non-hydrogen) atoms. The number of sulfonamides is 1. The Hall–Kier alpha value is -2.85. The first-order valence-electron chi connectivity index (χ1n) is 8.40. The molecular weight excluding hydrogens is 402 g/mol. The monoisotopic (exact) mass is 421 g/mol. The predicted octanol–water partition coefficient (Wildman–Crippen LogP) is 3.77. The fourth-order valence-corrected chi connectivity index (χ4v) is 3.05. The second kappa shape index (κ2) is 8.03. The average molecular weight is 422 g/mol. The zero-order chi connectivity index (χ0) is 20.3. The minimum absolute atomic E-state index is 0.234.